The summed E-state index contributed by atoms with van der Waals surface area (Å²) in [5.41, 5.74) is 5.26. The molecule has 0 atom stereocenters. The van der Waals surface area contributed by atoms with Crippen LogP contribution in [-0.4, -0.2) is 58.3 Å². The number of hydrogen-bond acceptors (Lipinski definition) is 10. The van der Waals surface area contributed by atoms with Crippen LogP contribution in [0.3, 0.4) is 0 Å². The topological polar surface area (TPSA) is 114 Å². The predicted octanol–water partition coefficient (Wildman–Crippen LogP) is 6.77. The van der Waals surface area contributed by atoms with Crippen molar-refractivity contribution < 1.29 is 18.9 Å². The van der Waals surface area contributed by atoms with Gasteiger partial charge in [-0.1, -0.05) is 0 Å². The highest BCUT2D eigenvalue weighted by Crippen LogP contribution is 2.22. The van der Waals surface area contributed by atoms with Gasteiger partial charge >= 0.3 is 0 Å². The van der Waals surface area contributed by atoms with Crippen molar-refractivity contribution in [3.05, 3.63) is 119 Å². The maximum Gasteiger partial charge on any atom is 0.122 e. The van der Waals surface area contributed by atoms with Gasteiger partial charge in [0.15, 0.2) is 0 Å². The Morgan fingerprint density at radius 3 is 0.826 bits per heavy atom. The van der Waals surface area contributed by atoms with E-state index in [0.717, 1.165) is 0 Å². The molecule has 0 saturated carbocycles. The van der Waals surface area contributed by atoms with Crippen LogP contribution in [0.15, 0.2) is 73.3 Å². The first kappa shape index (κ1) is 31.3. The fraction of sp³-hybridized carbons (Fsp3) is 0.111. The molecular weight excluding hydrogens is 580 g/mol. The minimum atomic E-state index is 0.610. The van der Waals surface area contributed by atoms with E-state index in [9.17, 15) is 0 Å². The van der Waals surface area contributed by atoms with Gasteiger partial charge in [-0.05, 0) is 72.9 Å². The fourth-order valence-electron chi connectivity index (χ4n) is 4.22. The Balaban J connectivity index is 1.63. The molecule has 230 valence electrons. The molecule has 0 spiro atoms. The molecule has 5 aromatic rings. The van der Waals surface area contributed by atoms with E-state index in [4.69, 9.17) is 28.9 Å². The Kier molecular flexibility index (Phi) is 10.6. The average molecular weight is 613 g/mol. The van der Waals surface area contributed by atoms with Gasteiger partial charge in [-0.2, -0.15) is 0 Å². The van der Waals surface area contributed by atoms with Crippen LogP contribution in [0.25, 0.3) is 48.6 Å². The Morgan fingerprint density at radius 1 is 0.370 bits per heavy atom. The Morgan fingerprint density at radius 2 is 0.609 bits per heavy atom. The quantitative estimate of drug-likeness (QED) is 0.149. The highest BCUT2D eigenvalue weighted by atomic mass is 16.5. The van der Waals surface area contributed by atoms with Crippen LogP contribution in [0.4, 0.5) is 0 Å². The van der Waals surface area contributed by atoms with Crippen molar-refractivity contribution in [3.63, 3.8) is 0 Å². The van der Waals surface area contributed by atoms with Gasteiger partial charge in [0, 0.05) is 49.1 Å². The highest BCUT2D eigenvalue weighted by Gasteiger charge is 2.09. The van der Waals surface area contributed by atoms with Crippen molar-refractivity contribution in [3.8, 4) is 23.0 Å². The molecule has 5 aromatic heterocycles. The SMILES string of the molecule is COc1ccnc(C=Cc2nc(C=Cc3cc(OC)ccn3)c(C=Cc3cc(OC)ccn3)nc2C=Cc2cc(OC)ccn2)c1. The molecule has 10 heteroatoms. The van der Waals surface area contributed by atoms with Gasteiger partial charge < -0.3 is 18.9 Å². The first-order valence-electron chi connectivity index (χ1n) is 14.2. The van der Waals surface area contributed by atoms with Crippen LogP contribution in [0, 0.1) is 0 Å². The maximum absolute atomic E-state index is 5.37. The summed E-state index contributed by atoms with van der Waals surface area (Å²) in [6.07, 6.45) is 21.7. The molecule has 0 bridgehead atoms. The minimum Gasteiger partial charge on any atom is -0.497 e. The molecule has 0 aliphatic rings. The molecule has 0 amide bonds. The van der Waals surface area contributed by atoms with Crippen LogP contribution in [0.2, 0.25) is 0 Å². The van der Waals surface area contributed by atoms with Crippen molar-refractivity contribution in [2.45, 2.75) is 0 Å². The number of aromatic nitrogens is 6. The monoisotopic (exact) mass is 612 g/mol. The van der Waals surface area contributed by atoms with Crippen molar-refractivity contribution in [1.82, 2.24) is 29.9 Å². The second-order valence-corrected chi connectivity index (χ2v) is 9.58. The van der Waals surface area contributed by atoms with Gasteiger partial charge in [0.05, 0.1) is 74.0 Å². The van der Waals surface area contributed by atoms with Gasteiger partial charge in [-0.15, -0.1) is 0 Å². The van der Waals surface area contributed by atoms with Crippen molar-refractivity contribution in [1.29, 1.82) is 0 Å². The molecule has 0 N–H and O–H groups in total. The average Bonchev–Trinajstić information content (AvgIpc) is 3.12. The molecule has 0 saturated heterocycles. The third-order valence-corrected chi connectivity index (χ3v) is 6.61. The number of ether oxygens (including phenoxy) is 4. The maximum atomic E-state index is 5.37. The Labute approximate surface area is 267 Å². The lowest BCUT2D eigenvalue weighted by Crippen LogP contribution is -2.00. The minimum absolute atomic E-state index is 0.610. The van der Waals surface area contributed by atoms with E-state index in [1.807, 2.05) is 72.9 Å². The summed E-state index contributed by atoms with van der Waals surface area (Å²) in [6.45, 7) is 0. The number of pyridine rings is 4. The molecule has 0 radical (unpaired) electrons. The van der Waals surface area contributed by atoms with E-state index >= 15 is 0 Å². The predicted molar refractivity (Wildman–Crippen MR) is 181 cm³/mol. The summed E-state index contributed by atoms with van der Waals surface area (Å²) in [5, 5.41) is 0. The first-order valence-corrected chi connectivity index (χ1v) is 14.2. The molecule has 46 heavy (non-hydrogen) atoms. The summed E-state index contributed by atoms with van der Waals surface area (Å²) >= 11 is 0. The van der Waals surface area contributed by atoms with E-state index in [-0.39, 0.29) is 0 Å². The molecule has 0 aliphatic carbocycles. The van der Waals surface area contributed by atoms with E-state index in [1.165, 1.54) is 0 Å². The lowest BCUT2D eigenvalue weighted by atomic mass is 10.1. The number of hydrogen-bond donors (Lipinski definition) is 0. The normalized spacial score (nSPS) is 11.6. The van der Waals surface area contributed by atoms with E-state index in [2.05, 4.69) is 19.9 Å². The molecule has 0 aliphatic heterocycles. The second kappa shape index (κ2) is 15.5. The molecule has 0 unspecified atom stereocenters. The van der Waals surface area contributed by atoms with E-state index in [0.29, 0.717) is 68.5 Å². The molecule has 0 fully saturated rings. The fourth-order valence-corrected chi connectivity index (χ4v) is 4.22. The second-order valence-electron chi connectivity index (χ2n) is 9.58. The zero-order valence-electron chi connectivity index (χ0n) is 25.9. The number of methoxy groups -OCH3 is 4. The van der Waals surface area contributed by atoms with E-state index < -0.39 is 0 Å². The first-order chi connectivity index (χ1) is 22.6. The van der Waals surface area contributed by atoms with Crippen LogP contribution in [0.5, 0.6) is 23.0 Å². The summed E-state index contributed by atoms with van der Waals surface area (Å²) in [5.74, 6) is 2.80. The smallest absolute Gasteiger partial charge is 0.122 e. The van der Waals surface area contributed by atoms with Crippen LogP contribution in [0.1, 0.15) is 45.6 Å². The zero-order chi connectivity index (χ0) is 32.1. The van der Waals surface area contributed by atoms with Gasteiger partial charge in [0.2, 0.25) is 0 Å². The van der Waals surface area contributed by atoms with Gasteiger partial charge in [0.1, 0.15) is 23.0 Å². The largest absolute Gasteiger partial charge is 0.497 e. The van der Waals surface area contributed by atoms with Gasteiger partial charge in [0.25, 0.3) is 0 Å². The summed E-state index contributed by atoms with van der Waals surface area (Å²) in [4.78, 5) is 27.8. The van der Waals surface area contributed by atoms with Crippen molar-refractivity contribution in [2.24, 2.45) is 0 Å². The third kappa shape index (κ3) is 8.48. The summed E-state index contributed by atoms with van der Waals surface area (Å²) in [6, 6.07) is 14.5. The molecule has 5 heterocycles. The third-order valence-electron chi connectivity index (χ3n) is 6.61. The van der Waals surface area contributed by atoms with Gasteiger partial charge in [-0.25, -0.2) is 9.97 Å². The molecule has 0 aromatic carbocycles. The molecule has 5 rings (SSSR count). The number of nitrogens with zero attached hydrogens (tertiary/aromatic N) is 6. The Bertz CT molecular complexity index is 1650. The van der Waals surface area contributed by atoms with Crippen LogP contribution < -0.4 is 18.9 Å². The standard InChI is InChI=1S/C36H32N6O4/c1-43-29-13-17-37-25(21-29)5-9-33-34(10-6-26-22-30(44-2)14-18-38-26)42-36(12-8-28-24-32(46-4)16-20-40-28)35(41-33)11-7-27-23-31(45-3)15-19-39-27/h5-24H,1-4H3. The Hall–Kier alpha value is -6.16. The van der Waals surface area contributed by atoms with Crippen molar-refractivity contribution >= 4 is 48.6 Å². The van der Waals surface area contributed by atoms with Gasteiger partial charge in [-0.3, -0.25) is 19.9 Å². The molecule has 10 nitrogen and oxygen atoms in total. The zero-order valence-corrected chi connectivity index (χ0v) is 25.9. The summed E-state index contributed by atoms with van der Waals surface area (Å²) in [7, 11) is 6.47. The number of rotatable bonds is 12. The lowest BCUT2D eigenvalue weighted by molar-refractivity contribution is 0.414. The van der Waals surface area contributed by atoms with E-state index in [1.54, 1.807) is 77.5 Å². The molecular formula is C36H32N6O4. The highest BCUT2D eigenvalue weighted by molar-refractivity contribution is 5.80. The van der Waals surface area contributed by atoms with Crippen LogP contribution in [-0.2, 0) is 0 Å². The lowest BCUT2D eigenvalue weighted by Gasteiger charge is -2.08. The van der Waals surface area contributed by atoms with Crippen LogP contribution >= 0.6 is 0 Å². The summed E-state index contributed by atoms with van der Waals surface area (Å²) < 4.78 is 21.5. The van der Waals surface area contributed by atoms with Crippen molar-refractivity contribution in [2.75, 3.05) is 28.4 Å².